The lowest BCUT2D eigenvalue weighted by atomic mass is 10.2. The largest absolute Gasteiger partial charge is 0.454 e. The van der Waals surface area contributed by atoms with Gasteiger partial charge in [0, 0.05) is 23.6 Å². The molecular weight excluding hydrogens is 244 g/mol. The maximum Gasteiger partial charge on any atom is 0.338 e. The van der Waals surface area contributed by atoms with Crippen molar-refractivity contribution in [2.45, 2.75) is 0 Å². The van der Waals surface area contributed by atoms with Gasteiger partial charge in [-0.25, -0.2) is 4.79 Å². The van der Waals surface area contributed by atoms with Gasteiger partial charge >= 0.3 is 5.97 Å². The molecule has 0 radical (unpaired) electrons. The first-order chi connectivity index (χ1) is 9.16. The molecule has 5 nitrogen and oxygen atoms in total. The third kappa shape index (κ3) is 3.38. The highest BCUT2D eigenvalue weighted by molar-refractivity contribution is 5.99. The van der Waals surface area contributed by atoms with E-state index in [-0.39, 0.29) is 12.4 Å². The smallest absolute Gasteiger partial charge is 0.338 e. The van der Waals surface area contributed by atoms with Crippen molar-refractivity contribution < 1.29 is 14.3 Å². The number of ether oxygens (including phenoxy) is 1. The Labute approximate surface area is 110 Å². The van der Waals surface area contributed by atoms with Crippen LogP contribution in [-0.2, 0) is 4.74 Å². The number of carbonyl (C=O) groups excluding carboxylic acids is 2. The van der Waals surface area contributed by atoms with Crippen molar-refractivity contribution >= 4 is 17.4 Å². The average molecular weight is 256 g/mol. The Morgan fingerprint density at radius 1 is 1.00 bits per heavy atom. The van der Waals surface area contributed by atoms with E-state index in [4.69, 9.17) is 10.5 Å². The standard InChI is InChI=1S/C14H12N2O3/c15-12-3-1-11(2-4-12)14(18)19-9-13(17)10-5-7-16-8-6-10/h1-8H,9,15H2. The minimum Gasteiger partial charge on any atom is -0.454 e. The molecule has 1 aromatic heterocycles. The van der Waals surface area contributed by atoms with E-state index in [0.29, 0.717) is 16.8 Å². The van der Waals surface area contributed by atoms with E-state index in [1.165, 1.54) is 12.4 Å². The van der Waals surface area contributed by atoms with E-state index >= 15 is 0 Å². The van der Waals surface area contributed by atoms with Crippen LogP contribution < -0.4 is 5.73 Å². The summed E-state index contributed by atoms with van der Waals surface area (Å²) in [5.41, 5.74) is 6.89. The highest BCUT2D eigenvalue weighted by atomic mass is 16.5. The van der Waals surface area contributed by atoms with Gasteiger partial charge in [-0.2, -0.15) is 0 Å². The minimum absolute atomic E-state index is 0.272. The lowest BCUT2D eigenvalue weighted by Gasteiger charge is -2.04. The van der Waals surface area contributed by atoms with Crippen LogP contribution in [0.5, 0.6) is 0 Å². The molecule has 0 bridgehead atoms. The number of nitrogen functional groups attached to an aromatic ring is 1. The van der Waals surface area contributed by atoms with Gasteiger partial charge in [-0.3, -0.25) is 9.78 Å². The number of hydrogen-bond donors (Lipinski definition) is 1. The first-order valence-electron chi connectivity index (χ1n) is 5.63. The lowest BCUT2D eigenvalue weighted by Crippen LogP contribution is -2.14. The molecule has 0 unspecified atom stereocenters. The fourth-order valence-corrected chi connectivity index (χ4v) is 1.45. The summed E-state index contributed by atoms with van der Waals surface area (Å²) in [4.78, 5) is 27.2. The summed E-state index contributed by atoms with van der Waals surface area (Å²) < 4.78 is 4.93. The van der Waals surface area contributed by atoms with Crippen LogP contribution in [0.15, 0.2) is 48.8 Å². The molecule has 0 aliphatic heterocycles. The van der Waals surface area contributed by atoms with Gasteiger partial charge in [-0.1, -0.05) is 0 Å². The molecule has 0 saturated carbocycles. The van der Waals surface area contributed by atoms with Crippen LogP contribution in [0.4, 0.5) is 5.69 Å². The third-order valence-electron chi connectivity index (χ3n) is 2.48. The molecule has 5 heteroatoms. The fraction of sp³-hybridized carbons (Fsp3) is 0.0714. The summed E-state index contributed by atoms with van der Waals surface area (Å²) >= 11 is 0. The summed E-state index contributed by atoms with van der Waals surface area (Å²) in [5, 5.41) is 0. The molecule has 0 fully saturated rings. The maximum atomic E-state index is 11.7. The van der Waals surface area contributed by atoms with Gasteiger partial charge in [0.05, 0.1) is 5.56 Å². The quantitative estimate of drug-likeness (QED) is 0.511. The number of nitrogens with zero attached hydrogens (tertiary/aromatic N) is 1. The fourth-order valence-electron chi connectivity index (χ4n) is 1.45. The summed E-state index contributed by atoms with van der Waals surface area (Å²) in [7, 11) is 0. The van der Waals surface area contributed by atoms with Crippen LogP contribution in [0.1, 0.15) is 20.7 Å². The van der Waals surface area contributed by atoms with E-state index in [2.05, 4.69) is 4.98 Å². The number of Topliss-reactive ketones (excluding diaryl/α,β-unsaturated/α-hetero) is 1. The zero-order chi connectivity index (χ0) is 13.7. The monoisotopic (exact) mass is 256 g/mol. The predicted molar refractivity (Wildman–Crippen MR) is 69.7 cm³/mol. The number of esters is 1. The number of nitrogens with two attached hydrogens (primary N) is 1. The van der Waals surface area contributed by atoms with Crippen LogP contribution in [-0.4, -0.2) is 23.3 Å². The van der Waals surface area contributed by atoms with Gasteiger partial charge in [0.2, 0.25) is 0 Å². The molecule has 1 heterocycles. The number of pyridine rings is 1. The first kappa shape index (κ1) is 12.8. The normalized spacial score (nSPS) is 9.89. The summed E-state index contributed by atoms with van der Waals surface area (Å²) in [5.74, 6) is -0.825. The van der Waals surface area contributed by atoms with Gasteiger partial charge in [0.1, 0.15) is 0 Å². The molecule has 2 rings (SSSR count). The number of benzene rings is 1. The molecule has 0 spiro atoms. The van der Waals surface area contributed by atoms with E-state index in [1.807, 2.05) is 0 Å². The second-order valence-corrected chi connectivity index (χ2v) is 3.86. The van der Waals surface area contributed by atoms with Crippen LogP contribution in [0.3, 0.4) is 0 Å². The zero-order valence-corrected chi connectivity index (χ0v) is 10.1. The highest BCUT2D eigenvalue weighted by Crippen LogP contribution is 2.07. The second-order valence-electron chi connectivity index (χ2n) is 3.86. The number of anilines is 1. The molecule has 0 atom stereocenters. The van der Waals surface area contributed by atoms with Gasteiger partial charge < -0.3 is 10.5 Å². The number of carbonyl (C=O) groups is 2. The SMILES string of the molecule is Nc1ccc(C(=O)OCC(=O)c2ccncc2)cc1. The summed E-state index contributed by atoms with van der Waals surface area (Å²) in [6, 6.07) is 9.44. The third-order valence-corrected chi connectivity index (χ3v) is 2.48. The molecule has 0 saturated heterocycles. The first-order valence-corrected chi connectivity index (χ1v) is 5.63. The molecule has 2 aromatic rings. The van der Waals surface area contributed by atoms with Crippen molar-refractivity contribution in [3.63, 3.8) is 0 Å². The van der Waals surface area contributed by atoms with Crippen molar-refractivity contribution in [1.29, 1.82) is 0 Å². The molecule has 2 N–H and O–H groups in total. The Morgan fingerprint density at radius 3 is 2.26 bits per heavy atom. The maximum absolute atomic E-state index is 11.7. The van der Waals surface area contributed by atoms with Crippen LogP contribution in [0.25, 0.3) is 0 Å². The van der Waals surface area contributed by atoms with Gasteiger partial charge in [0.15, 0.2) is 12.4 Å². The number of hydrogen-bond acceptors (Lipinski definition) is 5. The molecule has 0 amide bonds. The molecule has 0 aliphatic rings. The summed E-state index contributed by atoms with van der Waals surface area (Å²) in [6.45, 7) is -0.298. The number of rotatable bonds is 4. The Kier molecular flexibility index (Phi) is 3.87. The molecular formula is C14H12N2O3. The van der Waals surface area contributed by atoms with Crippen LogP contribution in [0, 0.1) is 0 Å². The Bertz CT molecular complexity index is 579. The van der Waals surface area contributed by atoms with Crippen molar-refractivity contribution in [3.05, 3.63) is 59.9 Å². The van der Waals surface area contributed by atoms with Crippen molar-refractivity contribution in [3.8, 4) is 0 Å². The van der Waals surface area contributed by atoms with Crippen LogP contribution in [0.2, 0.25) is 0 Å². The number of aromatic nitrogens is 1. The minimum atomic E-state index is -0.553. The van der Waals surface area contributed by atoms with Crippen LogP contribution >= 0.6 is 0 Å². The average Bonchev–Trinajstić information content (AvgIpc) is 2.46. The Balaban J connectivity index is 1.94. The van der Waals surface area contributed by atoms with E-state index in [0.717, 1.165) is 0 Å². The summed E-state index contributed by atoms with van der Waals surface area (Å²) in [6.07, 6.45) is 3.02. The highest BCUT2D eigenvalue weighted by Gasteiger charge is 2.11. The zero-order valence-electron chi connectivity index (χ0n) is 10.1. The van der Waals surface area contributed by atoms with Gasteiger partial charge in [-0.05, 0) is 36.4 Å². The van der Waals surface area contributed by atoms with E-state index in [1.54, 1.807) is 36.4 Å². The van der Waals surface area contributed by atoms with Gasteiger partial charge in [-0.15, -0.1) is 0 Å². The second kappa shape index (κ2) is 5.77. The molecule has 19 heavy (non-hydrogen) atoms. The lowest BCUT2D eigenvalue weighted by molar-refractivity contribution is 0.0475. The molecule has 96 valence electrons. The van der Waals surface area contributed by atoms with E-state index < -0.39 is 5.97 Å². The predicted octanol–water partition coefficient (Wildman–Crippen LogP) is 1.70. The topological polar surface area (TPSA) is 82.3 Å². The Hall–Kier alpha value is -2.69. The molecule has 0 aliphatic carbocycles. The Morgan fingerprint density at radius 2 is 1.63 bits per heavy atom. The number of ketones is 1. The van der Waals surface area contributed by atoms with Crippen molar-refractivity contribution in [2.75, 3.05) is 12.3 Å². The van der Waals surface area contributed by atoms with Crippen molar-refractivity contribution in [1.82, 2.24) is 4.98 Å². The molecule has 1 aromatic carbocycles. The van der Waals surface area contributed by atoms with Crippen molar-refractivity contribution in [2.24, 2.45) is 0 Å². The van der Waals surface area contributed by atoms with E-state index in [9.17, 15) is 9.59 Å². The van der Waals surface area contributed by atoms with Gasteiger partial charge in [0.25, 0.3) is 0 Å².